The van der Waals surface area contributed by atoms with Crippen LogP contribution < -0.4 is 5.32 Å². The number of nitrogens with zero attached hydrogens (tertiary/aromatic N) is 1. The standard InChI is InChI=1S/C20H46N2O4Si4.H2/c1-8-27(24)18-30(19-28(25)9-2,26-29(5,6)7)17-13-15-21-20(23)14-11-10-12-16-22(3)4;/h8-19H2,1-7H3,(H,21,23);1H. The molecule has 1 amide bonds. The quantitative estimate of drug-likeness (QED) is 0.223. The van der Waals surface area contributed by atoms with Crippen molar-refractivity contribution < 1.29 is 19.3 Å². The maximum Gasteiger partial charge on any atom is 0.275 e. The average Bonchev–Trinajstić information content (AvgIpc) is 2.63. The van der Waals surface area contributed by atoms with E-state index in [0.717, 1.165) is 38.3 Å². The summed E-state index contributed by atoms with van der Waals surface area (Å²) in [7, 11) is -3.44. The van der Waals surface area contributed by atoms with E-state index in [0.29, 0.717) is 36.4 Å². The monoisotopic (exact) mass is 492 g/mol. The molecule has 0 radical (unpaired) electrons. The highest BCUT2D eigenvalue weighted by Gasteiger charge is 2.42. The lowest BCUT2D eigenvalue weighted by Crippen LogP contribution is -2.50. The van der Waals surface area contributed by atoms with Gasteiger partial charge in [-0.2, -0.15) is 0 Å². The summed E-state index contributed by atoms with van der Waals surface area (Å²) in [5.41, 5.74) is 1.29. The van der Waals surface area contributed by atoms with Gasteiger partial charge in [0.2, 0.25) is 5.91 Å². The molecular formula is C20H48N2O4Si4. The smallest absolute Gasteiger partial charge is 0.275 e. The largest absolute Gasteiger partial charge is 0.455 e. The van der Waals surface area contributed by atoms with E-state index >= 15 is 0 Å². The van der Waals surface area contributed by atoms with Crippen LogP contribution in [0.5, 0.6) is 0 Å². The Morgan fingerprint density at radius 3 is 2.00 bits per heavy atom. The van der Waals surface area contributed by atoms with Crippen molar-refractivity contribution in [2.24, 2.45) is 0 Å². The fourth-order valence-corrected chi connectivity index (χ4v) is 22.7. The summed E-state index contributed by atoms with van der Waals surface area (Å²) >= 11 is 0. The van der Waals surface area contributed by atoms with Gasteiger partial charge < -0.3 is 23.3 Å². The van der Waals surface area contributed by atoms with Gasteiger partial charge in [0.1, 0.15) is 0 Å². The molecule has 6 nitrogen and oxygen atoms in total. The van der Waals surface area contributed by atoms with Crippen molar-refractivity contribution in [2.45, 2.75) is 95.1 Å². The Bertz CT molecular complexity index is 528. The van der Waals surface area contributed by atoms with Crippen LogP contribution in [0.15, 0.2) is 0 Å². The summed E-state index contributed by atoms with van der Waals surface area (Å²) in [4.78, 5) is 14.3. The number of carbonyl (C=O) groups is 1. The molecule has 0 rings (SSSR count). The third kappa shape index (κ3) is 15.6. The van der Waals surface area contributed by atoms with E-state index in [4.69, 9.17) is 4.12 Å². The first-order chi connectivity index (χ1) is 13.9. The Morgan fingerprint density at radius 1 is 0.967 bits per heavy atom. The molecule has 0 atom stereocenters. The van der Waals surface area contributed by atoms with Crippen molar-refractivity contribution in [3.05, 3.63) is 0 Å². The van der Waals surface area contributed by atoms with Crippen LogP contribution >= 0.6 is 0 Å². The molecule has 0 bridgehead atoms. The molecule has 0 unspecified atom stereocenters. The lowest BCUT2D eigenvalue weighted by Gasteiger charge is -2.37. The molecule has 0 saturated carbocycles. The van der Waals surface area contributed by atoms with E-state index in [2.05, 4.69) is 44.0 Å². The van der Waals surface area contributed by atoms with Crippen LogP contribution in [0.4, 0.5) is 0 Å². The second kappa shape index (κ2) is 15.6. The summed E-state index contributed by atoms with van der Waals surface area (Å²) in [6.07, 6.45) is 4.52. The maximum atomic E-state index is 12.5. The Morgan fingerprint density at radius 2 is 1.53 bits per heavy atom. The third-order valence-corrected chi connectivity index (χ3v) is 20.3. The van der Waals surface area contributed by atoms with Crippen LogP contribution in [-0.4, -0.2) is 72.0 Å². The highest BCUT2D eigenvalue weighted by Crippen LogP contribution is 2.29. The Balaban J connectivity index is 0. The van der Waals surface area contributed by atoms with Gasteiger partial charge in [0.25, 0.3) is 17.4 Å². The molecule has 0 aromatic rings. The molecule has 0 aromatic heterocycles. The molecular weight excluding hydrogens is 445 g/mol. The first-order valence-electron chi connectivity index (χ1n) is 11.6. The summed E-state index contributed by atoms with van der Waals surface area (Å²) in [6, 6.07) is 2.21. The zero-order valence-corrected chi connectivity index (χ0v) is 24.6. The van der Waals surface area contributed by atoms with Crippen LogP contribution in [-0.2, 0) is 17.8 Å². The highest BCUT2D eigenvalue weighted by atomic mass is 28.5. The fourth-order valence-electron chi connectivity index (χ4n) is 3.60. The SMILES string of the molecule is CC[Si](=O)C[Si](CCCNC(=O)CCCCCN(C)C)(C[Si](=O)CC)O[Si](C)(C)C.[HH]. The van der Waals surface area contributed by atoms with Crippen LogP contribution in [0.1, 0.15) is 47.4 Å². The number of hydrogen-bond donors (Lipinski definition) is 1. The number of nitrogens with one attached hydrogen (secondary N) is 1. The third-order valence-electron chi connectivity index (χ3n) is 4.99. The Kier molecular flexibility index (Phi) is 15.6. The van der Waals surface area contributed by atoms with Crippen molar-refractivity contribution in [3.63, 3.8) is 0 Å². The van der Waals surface area contributed by atoms with Crippen LogP contribution in [0, 0.1) is 0 Å². The van der Waals surface area contributed by atoms with Crippen molar-refractivity contribution in [3.8, 4) is 0 Å². The van der Waals surface area contributed by atoms with Crippen LogP contribution in [0.2, 0.25) is 49.1 Å². The van der Waals surface area contributed by atoms with Crippen LogP contribution in [0.25, 0.3) is 0 Å². The van der Waals surface area contributed by atoms with Gasteiger partial charge in [-0.1, -0.05) is 20.3 Å². The molecule has 0 aliphatic heterocycles. The normalized spacial score (nSPS) is 12.3. The molecule has 0 spiro atoms. The molecule has 0 fully saturated rings. The van der Waals surface area contributed by atoms with Crippen molar-refractivity contribution >= 4 is 39.9 Å². The zero-order valence-electron chi connectivity index (χ0n) is 20.6. The van der Waals surface area contributed by atoms with Crippen LogP contribution in [0.3, 0.4) is 0 Å². The van der Waals surface area contributed by atoms with Gasteiger partial charge in [-0.05, 0) is 77.7 Å². The predicted molar refractivity (Wildman–Crippen MR) is 135 cm³/mol. The Labute approximate surface area is 191 Å². The van der Waals surface area contributed by atoms with Gasteiger partial charge in [-0.3, -0.25) is 4.79 Å². The Hall–Kier alpha value is -0.142. The van der Waals surface area contributed by atoms with Gasteiger partial charge >= 0.3 is 0 Å². The van der Waals surface area contributed by atoms with Gasteiger partial charge in [-0.15, -0.1) is 0 Å². The second-order valence-corrected chi connectivity index (χ2v) is 23.9. The molecule has 0 aliphatic rings. The summed E-state index contributed by atoms with van der Waals surface area (Å²) < 4.78 is 31.8. The maximum absolute atomic E-state index is 12.5. The molecule has 0 heterocycles. The predicted octanol–water partition coefficient (Wildman–Crippen LogP) is 4.62. The van der Waals surface area contributed by atoms with E-state index < -0.39 is 34.0 Å². The van der Waals surface area contributed by atoms with E-state index in [1.54, 1.807) is 0 Å². The van der Waals surface area contributed by atoms with Gasteiger partial charge in [0, 0.05) is 25.7 Å². The van der Waals surface area contributed by atoms with E-state index in [1.165, 1.54) is 0 Å². The summed E-state index contributed by atoms with van der Waals surface area (Å²) in [6.45, 7) is 12.1. The summed E-state index contributed by atoms with van der Waals surface area (Å²) in [5.74, 6) is 0.113. The molecule has 0 aromatic carbocycles. The molecule has 0 aliphatic carbocycles. The second-order valence-electron chi connectivity index (χ2n) is 9.60. The number of hydrogen-bond acceptors (Lipinski definition) is 5. The molecule has 1 N–H and O–H groups in total. The fraction of sp³-hybridized carbons (Fsp3) is 0.950. The topological polar surface area (TPSA) is 75.7 Å². The first-order valence-corrected chi connectivity index (χ1v) is 21.2. The van der Waals surface area contributed by atoms with Gasteiger partial charge in [0.05, 0.1) is 0 Å². The molecule has 30 heavy (non-hydrogen) atoms. The molecule has 178 valence electrons. The van der Waals surface area contributed by atoms with E-state index in [1.807, 2.05) is 13.8 Å². The van der Waals surface area contributed by atoms with E-state index in [-0.39, 0.29) is 7.33 Å². The van der Waals surface area contributed by atoms with Crippen molar-refractivity contribution in [2.75, 3.05) is 27.2 Å². The van der Waals surface area contributed by atoms with Crippen molar-refractivity contribution in [1.82, 2.24) is 10.2 Å². The average molecular weight is 493 g/mol. The van der Waals surface area contributed by atoms with Gasteiger partial charge in [-0.25, -0.2) is 0 Å². The lowest BCUT2D eigenvalue weighted by atomic mass is 10.2. The first kappa shape index (κ1) is 29.9. The lowest BCUT2D eigenvalue weighted by molar-refractivity contribution is -0.121. The number of unbranched alkanes of at least 4 members (excludes halogenated alkanes) is 2. The van der Waals surface area contributed by atoms with Gasteiger partial charge in [0.15, 0.2) is 16.6 Å². The summed E-state index contributed by atoms with van der Waals surface area (Å²) in [5, 5.41) is 3.04. The molecule has 10 heteroatoms. The molecule has 0 saturated heterocycles. The minimum Gasteiger partial charge on any atom is -0.455 e. The van der Waals surface area contributed by atoms with Crippen molar-refractivity contribution in [1.29, 1.82) is 0 Å². The highest BCUT2D eigenvalue weighted by molar-refractivity contribution is 6.94. The van der Waals surface area contributed by atoms with E-state index in [9.17, 15) is 13.7 Å². The number of rotatable bonds is 18. The zero-order chi connectivity index (χ0) is 23.2. The number of amides is 1. The number of carbonyl (C=O) groups excluding carboxylic acids is 1. The minimum atomic E-state index is -2.35. The minimum absolute atomic E-state index is 0.